The van der Waals surface area contributed by atoms with Crippen molar-refractivity contribution in [2.24, 2.45) is 4.99 Å². The van der Waals surface area contributed by atoms with Crippen molar-refractivity contribution in [2.45, 2.75) is 67.2 Å². The molecule has 2 aliphatic rings. The van der Waals surface area contributed by atoms with Gasteiger partial charge in [0.1, 0.15) is 5.75 Å². The maximum atomic E-state index is 14.4. The zero-order valence-electron chi connectivity index (χ0n) is 24.3. The summed E-state index contributed by atoms with van der Waals surface area (Å²) in [4.78, 5) is 19.6. The number of rotatable bonds is 12. The summed E-state index contributed by atoms with van der Waals surface area (Å²) in [6.07, 6.45) is 1.44. The van der Waals surface area contributed by atoms with Crippen molar-refractivity contribution in [2.75, 3.05) is 19.0 Å². The number of carbonyl (C=O) groups is 1. The fraction of sp³-hybridized carbons (Fsp3) is 0.394. The standard InChI is InChI=1S/C33H37BrN2O7S/c34-29-10-5-4-9-28(29)30-33(32(39)35-24-13-15-25(38)16-14-24,19-22-44(40,41)27-7-2-1-3-8-27)36-31(43-30)23-11-17-26(18-12-23)42-21-6-20-37/h1-5,7-12,17-18,24-25,30,37-38H,6,13-16,19-22H2,(H,35,39)/t24?,25?,30-,33-/m1/s1. The molecule has 1 aliphatic heterocycles. The Hall–Kier alpha value is -3.25. The van der Waals surface area contributed by atoms with Crippen LogP contribution in [0.25, 0.3) is 0 Å². The highest BCUT2D eigenvalue weighted by Crippen LogP contribution is 2.45. The molecule has 0 radical (unpaired) electrons. The van der Waals surface area contributed by atoms with Crippen LogP contribution in [-0.2, 0) is 19.4 Å². The Morgan fingerprint density at radius 1 is 1.00 bits per heavy atom. The number of aliphatic hydroxyl groups excluding tert-OH is 2. The number of hydrogen-bond donors (Lipinski definition) is 3. The molecule has 0 unspecified atom stereocenters. The number of ether oxygens (including phenoxy) is 2. The van der Waals surface area contributed by atoms with Gasteiger partial charge in [0.15, 0.2) is 21.5 Å². The molecule has 1 fully saturated rings. The lowest BCUT2D eigenvalue weighted by Crippen LogP contribution is -2.53. The van der Waals surface area contributed by atoms with Crippen molar-refractivity contribution in [3.05, 3.63) is 94.5 Å². The Morgan fingerprint density at radius 2 is 1.68 bits per heavy atom. The number of sulfone groups is 1. The number of aliphatic hydroxyl groups is 2. The first-order valence-electron chi connectivity index (χ1n) is 14.8. The highest BCUT2D eigenvalue weighted by Gasteiger charge is 2.54. The third kappa shape index (κ3) is 7.34. The largest absolute Gasteiger partial charge is 0.494 e. The van der Waals surface area contributed by atoms with Gasteiger partial charge in [-0.1, -0.05) is 52.3 Å². The second-order valence-electron chi connectivity index (χ2n) is 11.2. The van der Waals surface area contributed by atoms with Crippen molar-refractivity contribution in [3.63, 3.8) is 0 Å². The molecule has 44 heavy (non-hydrogen) atoms. The second kappa shape index (κ2) is 14.2. The maximum absolute atomic E-state index is 14.4. The number of carbonyl (C=O) groups excluding carboxylic acids is 1. The van der Waals surface area contributed by atoms with Crippen molar-refractivity contribution >= 4 is 37.6 Å². The van der Waals surface area contributed by atoms with Gasteiger partial charge < -0.3 is 25.0 Å². The fourth-order valence-corrected chi connectivity index (χ4v) is 7.48. The number of nitrogens with zero attached hydrogens (tertiary/aromatic N) is 1. The molecule has 3 aromatic carbocycles. The van der Waals surface area contributed by atoms with Gasteiger partial charge in [0, 0.05) is 41.1 Å². The summed E-state index contributed by atoms with van der Waals surface area (Å²) in [5.41, 5.74) is -0.326. The predicted octanol–water partition coefficient (Wildman–Crippen LogP) is 4.75. The van der Waals surface area contributed by atoms with E-state index in [4.69, 9.17) is 19.6 Å². The van der Waals surface area contributed by atoms with Crippen LogP contribution in [0.2, 0.25) is 0 Å². The quantitative estimate of drug-likeness (QED) is 0.234. The molecule has 5 rings (SSSR count). The van der Waals surface area contributed by atoms with Crippen LogP contribution in [0.3, 0.4) is 0 Å². The van der Waals surface area contributed by atoms with E-state index in [0.717, 1.165) is 0 Å². The van der Waals surface area contributed by atoms with E-state index in [1.54, 1.807) is 54.6 Å². The number of nitrogens with one attached hydrogen (secondary N) is 1. The van der Waals surface area contributed by atoms with Gasteiger partial charge in [-0.2, -0.15) is 0 Å². The third-order valence-electron chi connectivity index (χ3n) is 8.10. The van der Waals surface area contributed by atoms with E-state index in [-0.39, 0.29) is 35.6 Å². The highest BCUT2D eigenvalue weighted by atomic mass is 79.9. The van der Waals surface area contributed by atoms with Gasteiger partial charge in [0.05, 0.1) is 23.4 Å². The first-order chi connectivity index (χ1) is 21.2. The molecule has 3 N–H and O–H groups in total. The molecule has 0 spiro atoms. The summed E-state index contributed by atoms with van der Waals surface area (Å²) >= 11 is 3.61. The van der Waals surface area contributed by atoms with Crippen LogP contribution in [0.1, 0.15) is 55.8 Å². The molecule has 1 aliphatic carbocycles. The van der Waals surface area contributed by atoms with E-state index in [1.165, 1.54) is 0 Å². The van der Waals surface area contributed by atoms with Gasteiger partial charge in [-0.3, -0.25) is 4.79 Å². The second-order valence-corrected chi connectivity index (χ2v) is 14.1. The van der Waals surface area contributed by atoms with Crippen molar-refractivity contribution in [1.29, 1.82) is 0 Å². The third-order valence-corrected chi connectivity index (χ3v) is 10.6. The van der Waals surface area contributed by atoms with Gasteiger partial charge in [0.2, 0.25) is 5.90 Å². The lowest BCUT2D eigenvalue weighted by Gasteiger charge is -2.34. The topological polar surface area (TPSA) is 135 Å². The molecular weight excluding hydrogens is 648 g/mol. The Morgan fingerprint density at radius 3 is 2.36 bits per heavy atom. The lowest BCUT2D eigenvalue weighted by atomic mass is 9.84. The number of hydrogen-bond acceptors (Lipinski definition) is 8. The van der Waals surface area contributed by atoms with Gasteiger partial charge in [-0.15, -0.1) is 0 Å². The van der Waals surface area contributed by atoms with Crippen molar-refractivity contribution < 1.29 is 32.9 Å². The molecule has 9 nitrogen and oxygen atoms in total. The summed E-state index contributed by atoms with van der Waals surface area (Å²) in [6.45, 7) is 0.402. The van der Waals surface area contributed by atoms with E-state index >= 15 is 0 Å². The van der Waals surface area contributed by atoms with Gasteiger partial charge in [-0.05, 0) is 68.1 Å². The minimum Gasteiger partial charge on any atom is -0.494 e. The summed E-state index contributed by atoms with van der Waals surface area (Å²) < 4.78 is 39.9. The van der Waals surface area contributed by atoms with Gasteiger partial charge in [0.25, 0.3) is 5.91 Å². The summed E-state index contributed by atoms with van der Waals surface area (Å²) in [7, 11) is -3.76. The molecule has 3 aromatic rings. The maximum Gasteiger partial charge on any atom is 0.252 e. The Kier molecular flexibility index (Phi) is 10.4. The first-order valence-corrected chi connectivity index (χ1v) is 17.3. The van der Waals surface area contributed by atoms with E-state index in [9.17, 15) is 18.3 Å². The molecule has 1 amide bonds. The average molecular weight is 686 g/mol. The molecule has 0 bridgehead atoms. The smallest absolute Gasteiger partial charge is 0.252 e. The SMILES string of the molecule is O=C(NC1CCC(O)CC1)[C@]1(CCS(=O)(=O)c2ccccc2)N=C(c2ccc(OCCCO)cc2)O[C@@H]1c1ccccc1Br. The molecule has 0 aromatic heterocycles. The van der Waals surface area contributed by atoms with Gasteiger partial charge in [-0.25, -0.2) is 13.4 Å². The van der Waals surface area contributed by atoms with Gasteiger partial charge >= 0.3 is 0 Å². The molecule has 234 valence electrons. The van der Waals surface area contributed by atoms with Crippen LogP contribution < -0.4 is 10.1 Å². The van der Waals surface area contributed by atoms with E-state index < -0.39 is 33.5 Å². The van der Waals surface area contributed by atoms with Crippen LogP contribution in [0, 0.1) is 0 Å². The molecule has 2 atom stereocenters. The highest BCUT2D eigenvalue weighted by molar-refractivity contribution is 9.10. The number of halogens is 1. The normalized spacial score (nSPS) is 23.4. The zero-order valence-corrected chi connectivity index (χ0v) is 26.7. The number of aliphatic imine (C=N–C) groups is 1. The molecule has 11 heteroatoms. The van der Waals surface area contributed by atoms with Crippen molar-refractivity contribution in [1.82, 2.24) is 5.32 Å². The van der Waals surface area contributed by atoms with Crippen molar-refractivity contribution in [3.8, 4) is 5.75 Å². The molecule has 1 heterocycles. The van der Waals surface area contributed by atoms with E-state index in [1.807, 2.05) is 24.3 Å². The minimum absolute atomic E-state index is 0.0325. The zero-order chi connectivity index (χ0) is 31.2. The molecule has 0 saturated heterocycles. The molecular formula is C33H37BrN2O7S. The summed E-state index contributed by atoms with van der Waals surface area (Å²) in [5.74, 6) is 0.0912. The van der Waals surface area contributed by atoms with E-state index in [2.05, 4.69) is 21.2 Å². The van der Waals surface area contributed by atoms with E-state index in [0.29, 0.717) is 60.1 Å². The minimum atomic E-state index is -3.76. The predicted molar refractivity (Wildman–Crippen MR) is 170 cm³/mol. The monoisotopic (exact) mass is 684 g/mol. The first kappa shape index (κ1) is 32.2. The lowest BCUT2D eigenvalue weighted by molar-refractivity contribution is -0.130. The summed E-state index contributed by atoms with van der Waals surface area (Å²) in [6, 6.07) is 22.5. The van der Waals surface area contributed by atoms with Crippen LogP contribution in [0.4, 0.5) is 0 Å². The Bertz CT molecular complexity index is 1560. The Balaban J connectivity index is 1.54. The van der Waals surface area contributed by atoms with Crippen LogP contribution >= 0.6 is 15.9 Å². The Labute approximate surface area is 266 Å². The van der Waals surface area contributed by atoms with Crippen LogP contribution in [-0.4, -0.2) is 67.1 Å². The van der Waals surface area contributed by atoms with Crippen LogP contribution in [0.15, 0.2) is 93.2 Å². The molecule has 1 saturated carbocycles. The van der Waals surface area contributed by atoms with Crippen LogP contribution in [0.5, 0.6) is 5.75 Å². The fourth-order valence-electron chi connectivity index (χ4n) is 5.60. The summed E-state index contributed by atoms with van der Waals surface area (Å²) in [5, 5.41) is 22.2. The average Bonchev–Trinajstić information content (AvgIpc) is 3.43. The number of benzene rings is 3. The number of amides is 1.